The Morgan fingerprint density at radius 3 is 2.18 bits per heavy atom. The van der Waals surface area contributed by atoms with Crippen molar-refractivity contribution in [3.05, 3.63) is 18.0 Å². The average molecular weight is 234 g/mol. The highest BCUT2D eigenvalue weighted by molar-refractivity contribution is 5.31. The molecule has 0 unspecified atom stereocenters. The highest BCUT2D eigenvalue weighted by atomic mass is 15.3. The van der Waals surface area contributed by atoms with Crippen molar-refractivity contribution in [2.45, 2.75) is 26.7 Å². The molecule has 4 nitrogen and oxygen atoms in total. The van der Waals surface area contributed by atoms with Crippen LogP contribution in [0.2, 0.25) is 0 Å². The molecule has 2 rings (SSSR count). The molecule has 1 aliphatic rings. The van der Waals surface area contributed by atoms with Gasteiger partial charge in [-0.15, -0.1) is 0 Å². The second-order valence-electron chi connectivity index (χ2n) is 4.89. The molecule has 17 heavy (non-hydrogen) atoms. The Balaban J connectivity index is 1.99. The second-order valence-corrected chi connectivity index (χ2v) is 4.89. The van der Waals surface area contributed by atoms with Gasteiger partial charge in [0, 0.05) is 38.6 Å². The minimum Gasteiger partial charge on any atom is -0.338 e. The summed E-state index contributed by atoms with van der Waals surface area (Å²) in [5.41, 5.74) is 1.21. The van der Waals surface area contributed by atoms with Crippen LogP contribution in [-0.2, 0) is 0 Å². The van der Waals surface area contributed by atoms with Crippen LogP contribution in [0.4, 0.5) is 5.95 Å². The molecule has 1 aromatic heterocycles. The summed E-state index contributed by atoms with van der Waals surface area (Å²) in [6, 6.07) is 0. The first-order chi connectivity index (χ1) is 8.20. The zero-order valence-electron chi connectivity index (χ0n) is 11.1. The summed E-state index contributed by atoms with van der Waals surface area (Å²) in [5.74, 6) is 1.38. The summed E-state index contributed by atoms with van der Waals surface area (Å²) in [5, 5.41) is 0. The molecule has 0 aliphatic carbocycles. The molecule has 0 N–H and O–H groups in total. The zero-order valence-corrected chi connectivity index (χ0v) is 11.1. The molecule has 0 amide bonds. The molecule has 1 aliphatic heterocycles. The number of aromatic nitrogens is 2. The van der Waals surface area contributed by atoms with Gasteiger partial charge >= 0.3 is 0 Å². The maximum absolute atomic E-state index is 4.47. The van der Waals surface area contributed by atoms with Crippen LogP contribution < -0.4 is 4.90 Å². The van der Waals surface area contributed by atoms with E-state index in [1.165, 1.54) is 5.56 Å². The summed E-state index contributed by atoms with van der Waals surface area (Å²) in [6.45, 7) is 12.0. The van der Waals surface area contributed by atoms with Gasteiger partial charge in [0.15, 0.2) is 0 Å². The van der Waals surface area contributed by atoms with E-state index in [1.807, 2.05) is 12.4 Å². The van der Waals surface area contributed by atoms with Gasteiger partial charge in [-0.3, -0.25) is 0 Å². The van der Waals surface area contributed by atoms with Gasteiger partial charge in [0.25, 0.3) is 0 Å². The van der Waals surface area contributed by atoms with E-state index in [1.54, 1.807) is 0 Å². The number of piperazine rings is 1. The van der Waals surface area contributed by atoms with E-state index in [-0.39, 0.29) is 0 Å². The Kier molecular flexibility index (Phi) is 3.94. The number of hydrogen-bond donors (Lipinski definition) is 0. The molecule has 1 saturated heterocycles. The molecule has 0 aromatic carbocycles. The molecule has 0 radical (unpaired) electrons. The van der Waals surface area contributed by atoms with Crippen LogP contribution in [-0.4, -0.2) is 47.6 Å². The summed E-state index contributed by atoms with van der Waals surface area (Å²) >= 11 is 0. The van der Waals surface area contributed by atoms with Crippen molar-refractivity contribution >= 4 is 5.95 Å². The quantitative estimate of drug-likeness (QED) is 0.797. The predicted octanol–water partition coefficient (Wildman–Crippen LogP) is 1.74. The average Bonchev–Trinajstić information content (AvgIpc) is 2.39. The van der Waals surface area contributed by atoms with E-state index in [9.17, 15) is 0 Å². The maximum atomic E-state index is 4.47. The van der Waals surface area contributed by atoms with Crippen molar-refractivity contribution < 1.29 is 0 Å². The van der Waals surface area contributed by atoms with Gasteiger partial charge in [0.1, 0.15) is 0 Å². The van der Waals surface area contributed by atoms with Gasteiger partial charge in [-0.1, -0.05) is 20.8 Å². The third-order valence-electron chi connectivity index (χ3n) is 3.43. The van der Waals surface area contributed by atoms with E-state index < -0.39 is 0 Å². The lowest BCUT2D eigenvalue weighted by Crippen LogP contribution is -2.46. The highest BCUT2D eigenvalue weighted by Crippen LogP contribution is 2.15. The molecule has 0 atom stereocenters. The predicted molar refractivity (Wildman–Crippen MR) is 70.4 cm³/mol. The number of anilines is 1. The van der Waals surface area contributed by atoms with E-state index >= 15 is 0 Å². The molecule has 0 bridgehead atoms. The Hall–Kier alpha value is -1.16. The molecule has 94 valence electrons. The molecule has 4 heteroatoms. The fourth-order valence-corrected chi connectivity index (χ4v) is 2.06. The lowest BCUT2D eigenvalue weighted by molar-refractivity contribution is 0.270. The molecule has 0 spiro atoms. The third-order valence-corrected chi connectivity index (χ3v) is 3.43. The Bertz CT molecular complexity index is 339. The fourth-order valence-electron chi connectivity index (χ4n) is 2.06. The first-order valence-corrected chi connectivity index (χ1v) is 6.50. The van der Waals surface area contributed by atoms with Gasteiger partial charge in [0.2, 0.25) is 5.95 Å². The van der Waals surface area contributed by atoms with Crippen LogP contribution in [0.25, 0.3) is 0 Å². The number of likely N-dealkylation sites (N-methyl/N-ethyl adjacent to an activating group) is 1. The van der Waals surface area contributed by atoms with Crippen molar-refractivity contribution in [2.24, 2.45) is 0 Å². The van der Waals surface area contributed by atoms with Crippen LogP contribution in [0, 0.1) is 0 Å². The Morgan fingerprint density at radius 1 is 1.12 bits per heavy atom. The van der Waals surface area contributed by atoms with Crippen LogP contribution in [0.5, 0.6) is 0 Å². The summed E-state index contributed by atoms with van der Waals surface area (Å²) in [6.07, 6.45) is 3.92. The lowest BCUT2D eigenvalue weighted by Gasteiger charge is -2.34. The molecule has 1 aromatic rings. The van der Waals surface area contributed by atoms with Gasteiger partial charge in [-0.25, -0.2) is 9.97 Å². The van der Waals surface area contributed by atoms with Gasteiger partial charge in [-0.2, -0.15) is 0 Å². The van der Waals surface area contributed by atoms with Crippen LogP contribution >= 0.6 is 0 Å². The maximum Gasteiger partial charge on any atom is 0.225 e. The van der Waals surface area contributed by atoms with E-state index in [2.05, 4.69) is 40.5 Å². The van der Waals surface area contributed by atoms with Crippen LogP contribution in [0.15, 0.2) is 12.4 Å². The first kappa shape index (κ1) is 12.3. The Labute approximate surface area is 104 Å². The molecule has 1 fully saturated rings. The fraction of sp³-hybridized carbons (Fsp3) is 0.692. The summed E-state index contributed by atoms with van der Waals surface area (Å²) < 4.78 is 0. The molecular formula is C13H22N4. The Morgan fingerprint density at radius 2 is 1.71 bits per heavy atom. The topological polar surface area (TPSA) is 32.3 Å². The van der Waals surface area contributed by atoms with Gasteiger partial charge < -0.3 is 9.80 Å². The van der Waals surface area contributed by atoms with Crippen LogP contribution in [0.3, 0.4) is 0 Å². The van der Waals surface area contributed by atoms with E-state index in [0.29, 0.717) is 5.92 Å². The molecular weight excluding hydrogens is 212 g/mol. The molecule has 2 heterocycles. The summed E-state index contributed by atoms with van der Waals surface area (Å²) in [7, 11) is 0. The lowest BCUT2D eigenvalue weighted by atomic mass is 10.1. The minimum absolute atomic E-state index is 0.501. The normalized spacial score (nSPS) is 17.8. The first-order valence-electron chi connectivity index (χ1n) is 6.50. The van der Waals surface area contributed by atoms with E-state index in [0.717, 1.165) is 38.7 Å². The SMILES string of the molecule is CCN1CCN(c2ncc(C(C)C)cn2)CC1. The molecule has 0 saturated carbocycles. The largest absolute Gasteiger partial charge is 0.338 e. The van der Waals surface area contributed by atoms with Crippen molar-refractivity contribution in [1.29, 1.82) is 0 Å². The van der Waals surface area contributed by atoms with Crippen molar-refractivity contribution in [1.82, 2.24) is 14.9 Å². The van der Waals surface area contributed by atoms with E-state index in [4.69, 9.17) is 0 Å². The monoisotopic (exact) mass is 234 g/mol. The number of nitrogens with zero attached hydrogens (tertiary/aromatic N) is 4. The zero-order chi connectivity index (χ0) is 12.3. The van der Waals surface area contributed by atoms with Crippen LogP contribution in [0.1, 0.15) is 32.3 Å². The van der Waals surface area contributed by atoms with Gasteiger partial charge in [0.05, 0.1) is 0 Å². The van der Waals surface area contributed by atoms with Gasteiger partial charge in [-0.05, 0) is 18.0 Å². The summed E-state index contributed by atoms with van der Waals surface area (Å²) in [4.78, 5) is 13.7. The standard InChI is InChI=1S/C13H22N4/c1-4-16-5-7-17(8-6-16)13-14-9-12(10-15-13)11(2)3/h9-11H,4-8H2,1-3H3. The smallest absolute Gasteiger partial charge is 0.225 e. The number of rotatable bonds is 3. The third kappa shape index (κ3) is 2.94. The van der Waals surface area contributed by atoms with Crippen molar-refractivity contribution in [2.75, 3.05) is 37.6 Å². The minimum atomic E-state index is 0.501. The second kappa shape index (κ2) is 5.45. The van der Waals surface area contributed by atoms with Crippen molar-refractivity contribution in [3.63, 3.8) is 0 Å². The highest BCUT2D eigenvalue weighted by Gasteiger charge is 2.17. The van der Waals surface area contributed by atoms with Crippen molar-refractivity contribution in [3.8, 4) is 0 Å². The number of hydrogen-bond acceptors (Lipinski definition) is 4.